The molecular formula is C17H27N3O2. The Hall–Kier alpha value is -1.62. The van der Waals surface area contributed by atoms with E-state index in [9.17, 15) is 4.79 Å². The normalized spacial score (nSPS) is 22.5. The molecule has 1 aromatic rings. The summed E-state index contributed by atoms with van der Waals surface area (Å²) in [5, 5.41) is 3.56. The van der Waals surface area contributed by atoms with Gasteiger partial charge in [0.1, 0.15) is 5.60 Å². The van der Waals surface area contributed by atoms with E-state index in [0.717, 1.165) is 25.9 Å². The lowest BCUT2D eigenvalue weighted by Gasteiger charge is -2.40. The fraction of sp³-hybridized carbons (Fsp3) is 0.647. The fourth-order valence-electron chi connectivity index (χ4n) is 2.74. The van der Waals surface area contributed by atoms with Gasteiger partial charge in [0.15, 0.2) is 0 Å². The first-order chi connectivity index (χ1) is 10.4. The number of piperidine rings is 1. The highest BCUT2D eigenvalue weighted by atomic mass is 16.6. The monoisotopic (exact) mass is 305 g/mol. The zero-order valence-corrected chi connectivity index (χ0v) is 14.0. The number of carbonyl (C=O) groups excluding carboxylic acids is 1. The first kappa shape index (κ1) is 16.7. The zero-order valence-electron chi connectivity index (χ0n) is 14.0. The molecule has 1 aliphatic heterocycles. The summed E-state index contributed by atoms with van der Waals surface area (Å²) in [5.41, 5.74) is 0.755. The molecular weight excluding hydrogens is 278 g/mol. The van der Waals surface area contributed by atoms with Crippen LogP contribution in [0.4, 0.5) is 4.79 Å². The van der Waals surface area contributed by atoms with Gasteiger partial charge >= 0.3 is 6.09 Å². The number of aromatic nitrogens is 1. The number of pyridine rings is 1. The summed E-state index contributed by atoms with van der Waals surface area (Å²) in [6, 6.07) is 4.43. The summed E-state index contributed by atoms with van der Waals surface area (Å²) in [5.74, 6) is 0. The van der Waals surface area contributed by atoms with Crippen molar-refractivity contribution in [3.63, 3.8) is 0 Å². The predicted molar refractivity (Wildman–Crippen MR) is 86.5 cm³/mol. The molecule has 1 saturated heterocycles. The van der Waals surface area contributed by atoms with E-state index in [-0.39, 0.29) is 18.2 Å². The van der Waals surface area contributed by atoms with E-state index in [1.165, 1.54) is 5.56 Å². The van der Waals surface area contributed by atoms with E-state index < -0.39 is 5.60 Å². The van der Waals surface area contributed by atoms with Gasteiger partial charge in [0, 0.05) is 37.6 Å². The van der Waals surface area contributed by atoms with Crippen molar-refractivity contribution in [3.05, 3.63) is 30.1 Å². The van der Waals surface area contributed by atoms with Crippen LogP contribution in [0.5, 0.6) is 0 Å². The van der Waals surface area contributed by atoms with Gasteiger partial charge in [-0.15, -0.1) is 0 Å². The van der Waals surface area contributed by atoms with Crippen LogP contribution < -0.4 is 5.32 Å². The van der Waals surface area contributed by atoms with Crippen molar-refractivity contribution in [3.8, 4) is 0 Å². The number of hydrogen-bond acceptors (Lipinski definition) is 4. The van der Waals surface area contributed by atoms with Crippen molar-refractivity contribution < 1.29 is 9.53 Å². The molecule has 1 N–H and O–H groups in total. The van der Waals surface area contributed by atoms with Gasteiger partial charge in [-0.3, -0.25) is 4.98 Å². The SMILES string of the molecule is CC1C(NCc2ccncc2)CCCN1C(=O)OC(C)(C)C. The summed E-state index contributed by atoms with van der Waals surface area (Å²) < 4.78 is 5.51. The number of rotatable bonds is 3. The van der Waals surface area contributed by atoms with Crippen LogP contribution in [-0.4, -0.2) is 40.2 Å². The van der Waals surface area contributed by atoms with E-state index in [0.29, 0.717) is 0 Å². The average Bonchev–Trinajstić information content (AvgIpc) is 2.45. The van der Waals surface area contributed by atoms with Gasteiger partial charge in [-0.1, -0.05) is 0 Å². The van der Waals surface area contributed by atoms with Crippen LogP contribution in [0.25, 0.3) is 0 Å². The maximum absolute atomic E-state index is 12.3. The Bertz CT molecular complexity index is 484. The first-order valence-electron chi connectivity index (χ1n) is 7.99. The van der Waals surface area contributed by atoms with Crippen LogP contribution >= 0.6 is 0 Å². The molecule has 1 aromatic heterocycles. The molecule has 1 amide bonds. The number of carbonyl (C=O) groups is 1. The summed E-state index contributed by atoms with van der Waals surface area (Å²) in [6.07, 6.45) is 5.46. The number of ether oxygens (including phenoxy) is 1. The molecule has 0 saturated carbocycles. The van der Waals surface area contributed by atoms with Crippen molar-refractivity contribution in [2.75, 3.05) is 6.54 Å². The molecule has 1 aliphatic rings. The second-order valence-corrected chi connectivity index (χ2v) is 6.90. The molecule has 122 valence electrons. The Labute approximate surface area is 133 Å². The molecule has 0 aliphatic carbocycles. The van der Waals surface area contributed by atoms with Crippen LogP contribution in [-0.2, 0) is 11.3 Å². The quantitative estimate of drug-likeness (QED) is 0.933. The molecule has 5 nitrogen and oxygen atoms in total. The Balaban J connectivity index is 1.92. The van der Waals surface area contributed by atoms with Crippen LogP contribution in [0.2, 0.25) is 0 Å². The van der Waals surface area contributed by atoms with E-state index in [1.54, 1.807) is 12.4 Å². The van der Waals surface area contributed by atoms with Crippen LogP contribution in [0.3, 0.4) is 0 Å². The standard InChI is InChI=1S/C17H27N3O2/c1-13-15(19-12-14-7-9-18-10-8-14)6-5-11-20(13)16(21)22-17(2,3)4/h7-10,13,15,19H,5-6,11-12H2,1-4H3. The molecule has 22 heavy (non-hydrogen) atoms. The molecule has 0 aromatic carbocycles. The molecule has 2 rings (SSSR count). The average molecular weight is 305 g/mol. The molecule has 1 fully saturated rings. The molecule has 2 unspecified atom stereocenters. The van der Waals surface area contributed by atoms with Gasteiger partial charge in [-0.05, 0) is 58.2 Å². The Morgan fingerprint density at radius 2 is 2.09 bits per heavy atom. The van der Waals surface area contributed by atoms with Gasteiger partial charge in [-0.2, -0.15) is 0 Å². The van der Waals surface area contributed by atoms with E-state index in [2.05, 4.69) is 17.2 Å². The summed E-state index contributed by atoms with van der Waals surface area (Å²) in [7, 11) is 0. The van der Waals surface area contributed by atoms with Crippen molar-refractivity contribution >= 4 is 6.09 Å². The van der Waals surface area contributed by atoms with Crippen LogP contribution in [0.15, 0.2) is 24.5 Å². The summed E-state index contributed by atoms with van der Waals surface area (Å²) >= 11 is 0. The number of amides is 1. The van der Waals surface area contributed by atoms with Gasteiger partial charge < -0.3 is 15.0 Å². The zero-order chi connectivity index (χ0) is 16.2. The second-order valence-electron chi connectivity index (χ2n) is 6.90. The predicted octanol–water partition coefficient (Wildman–Crippen LogP) is 2.96. The number of nitrogens with zero attached hydrogens (tertiary/aromatic N) is 2. The molecule has 2 atom stereocenters. The molecule has 0 bridgehead atoms. The van der Waals surface area contributed by atoms with E-state index in [1.807, 2.05) is 37.8 Å². The lowest BCUT2D eigenvalue weighted by Crippen LogP contribution is -2.55. The lowest BCUT2D eigenvalue weighted by molar-refractivity contribution is 0.00699. The maximum Gasteiger partial charge on any atom is 0.410 e. The fourth-order valence-corrected chi connectivity index (χ4v) is 2.74. The van der Waals surface area contributed by atoms with Crippen molar-refractivity contribution in [1.82, 2.24) is 15.2 Å². The molecule has 5 heteroatoms. The van der Waals surface area contributed by atoms with Crippen molar-refractivity contribution in [1.29, 1.82) is 0 Å². The first-order valence-corrected chi connectivity index (χ1v) is 7.99. The number of nitrogens with one attached hydrogen (secondary N) is 1. The third-order valence-corrected chi connectivity index (χ3v) is 3.93. The minimum Gasteiger partial charge on any atom is -0.444 e. The third-order valence-electron chi connectivity index (χ3n) is 3.93. The second kappa shape index (κ2) is 7.09. The van der Waals surface area contributed by atoms with Gasteiger partial charge in [-0.25, -0.2) is 4.79 Å². The highest BCUT2D eigenvalue weighted by Gasteiger charge is 2.33. The Morgan fingerprint density at radius 1 is 1.41 bits per heavy atom. The van der Waals surface area contributed by atoms with E-state index >= 15 is 0 Å². The van der Waals surface area contributed by atoms with Gasteiger partial charge in [0.25, 0.3) is 0 Å². The van der Waals surface area contributed by atoms with E-state index in [4.69, 9.17) is 4.74 Å². The smallest absolute Gasteiger partial charge is 0.410 e. The van der Waals surface area contributed by atoms with Gasteiger partial charge in [0.05, 0.1) is 0 Å². The Kier molecular flexibility index (Phi) is 5.40. The van der Waals surface area contributed by atoms with Gasteiger partial charge in [0.2, 0.25) is 0 Å². The number of hydrogen-bond donors (Lipinski definition) is 1. The maximum atomic E-state index is 12.3. The summed E-state index contributed by atoms with van der Waals surface area (Å²) in [6.45, 7) is 9.35. The highest BCUT2D eigenvalue weighted by molar-refractivity contribution is 5.68. The highest BCUT2D eigenvalue weighted by Crippen LogP contribution is 2.21. The largest absolute Gasteiger partial charge is 0.444 e. The van der Waals surface area contributed by atoms with Crippen molar-refractivity contribution in [2.24, 2.45) is 0 Å². The molecule has 0 spiro atoms. The molecule has 0 radical (unpaired) electrons. The van der Waals surface area contributed by atoms with Crippen LogP contribution in [0, 0.1) is 0 Å². The minimum absolute atomic E-state index is 0.130. The minimum atomic E-state index is -0.450. The van der Waals surface area contributed by atoms with Crippen LogP contribution in [0.1, 0.15) is 46.1 Å². The topological polar surface area (TPSA) is 54.5 Å². The third kappa shape index (κ3) is 4.70. The summed E-state index contributed by atoms with van der Waals surface area (Å²) in [4.78, 5) is 18.2. The molecule has 2 heterocycles. The van der Waals surface area contributed by atoms with Crippen molar-refractivity contribution in [2.45, 2.75) is 64.8 Å². The Morgan fingerprint density at radius 3 is 2.73 bits per heavy atom. The number of likely N-dealkylation sites (tertiary alicyclic amines) is 1. The lowest BCUT2D eigenvalue weighted by atomic mass is 9.97.